The van der Waals surface area contributed by atoms with Crippen LogP contribution in [0.15, 0.2) is 18.2 Å². The van der Waals surface area contributed by atoms with Crippen LogP contribution in [0.25, 0.3) is 0 Å². The van der Waals surface area contributed by atoms with Gasteiger partial charge in [-0.1, -0.05) is 0 Å². The van der Waals surface area contributed by atoms with Crippen molar-refractivity contribution in [1.29, 1.82) is 0 Å². The van der Waals surface area contributed by atoms with E-state index >= 15 is 0 Å². The second kappa shape index (κ2) is 9.89. The molecule has 3 heterocycles. The number of imide groups is 1. The van der Waals surface area contributed by atoms with E-state index in [1.165, 1.54) is 4.90 Å². The van der Waals surface area contributed by atoms with E-state index in [4.69, 9.17) is 4.74 Å². The lowest BCUT2D eigenvalue weighted by Crippen LogP contribution is -2.44. The fourth-order valence-electron chi connectivity index (χ4n) is 4.43. The Balaban J connectivity index is 1.25. The van der Waals surface area contributed by atoms with Crippen LogP contribution < -0.4 is 5.32 Å². The molecule has 8 heteroatoms. The van der Waals surface area contributed by atoms with Crippen LogP contribution in [-0.4, -0.2) is 98.0 Å². The van der Waals surface area contributed by atoms with Crippen LogP contribution in [0.5, 0.6) is 0 Å². The predicted molar refractivity (Wildman–Crippen MR) is 116 cm³/mol. The van der Waals surface area contributed by atoms with E-state index < -0.39 is 0 Å². The van der Waals surface area contributed by atoms with Crippen molar-refractivity contribution in [2.45, 2.75) is 31.8 Å². The number of piperazine rings is 1. The Bertz CT molecular complexity index is 829. The molecule has 31 heavy (non-hydrogen) atoms. The van der Waals surface area contributed by atoms with Gasteiger partial charge in [-0.05, 0) is 57.5 Å². The molecular weight excluding hydrogens is 396 g/mol. The molecule has 0 spiro atoms. The molecule has 1 unspecified atom stereocenters. The van der Waals surface area contributed by atoms with Gasteiger partial charge < -0.3 is 19.9 Å². The minimum absolute atomic E-state index is 0.0872. The number of ether oxygens (including phenoxy) is 1. The minimum atomic E-state index is -0.336. The molecule has 0 bridgehead atoms. The van der Waals surface area contributed by atoms with Gasteiger partial charge in [-0.2, -0.15) is 0 Å². The maximum absolute atomic E-state index is 12.7. The smallest absolute Gasteiger partial charge is 0.261 e. The van der Waals surface area contributed by atoms with Crippen molar-refractivity contribution >= 4 is 17.7 Å². The van der Waals surface area contributed by atoms with Gasteiger partial charge >= 0.3 is 0 Å². The third kappa shape index (κ3) is 5.14. The highest BCUT2D eigenvalue weighted by atomic mass is 16.5. The number of carbonyl (C=O) groups is 3. The van der Waals surface area contributed by atoms with E-state index in [1.807, 2.05) is 0 Å². The Labute approximate surface area is 183 Å². The largest absolute Gasteiger partial charge is 0.376 e. The predicted octanol–water partition coefficient (Wildman–Crippen LogP) is 1.22. The second-order valence-corrected chi connectivity index (χ2v) is 8.72. The lowest BCUT2D eigenvalue weighted by Gasteiger charge is -2.32. The van der Waals surface area contributed by atoms with Crippen LogP contribution in [0.2, 0.25) is 0 Å². The van der Waals surface area contributed by atoms with Gasteiger partial charge in [-0.25, -0.2) is 0 Å². The molecule has 0 aliphatic carbocycles. The van der Waals surface area contributed by atoms with Gasteiger partial charge in [-0.3, -0.25) is 19.3 Å². The first kappa shape index (κ1) is 21.9. The van der Waals surface area contributed by atoms with E-state index in [1.54, 1.807) is 18.2 Å². The third-order valence-electron chi connectivity index (χ3n) is 6.43. The van der Waals surface area contributed by atoms with Crippen molar-refractivity contribution in [2.24, 2.45) is 0 Å². The van der Waals surface area contributed by atoms with Gasteiger partial charge in [0.25, 0.3) is 17.7 Å². The summed E-state index contributed by atoms with van der Waals surface area (Å²) in [5.41, 5.74) is 1.09. The maximum Gasteiger partial charge on any atom is 0.261 e. The maximum atomic E-state index is 12.7. The van der Waals surface area contributed by atoms with Crippen molar-refractivity contribution in [3.63, 3.8) is 0 Å². The summed E-state index contributed by atoms with van der Waals surface area (Å²) in [7, 11) is 2.15. The van der Waals surface area contributed by atoms with E-state index in [9.17, 15) is 14.4 Å². The molecule has 2 fully saturated rings. The molecule has 1 N–H and O–H groups in total. The number of unbranched alkanes of at least 4 members (excludes halogenated alkanes) is 1. The number of fused-ring (bicyclic) bond motifs is 1. The van der Waals surface area contributed by atoms with Crippen molar-refractivity contribution in [3.8, 4) is 0 Å². The zero-order valence-corrected chi connectivity index (χ0v) is 18.3. The number of amides is 3. The fraction of sp³-hybridized carbons (Fsp3) is 0.609. The molecule has 1 atom stereocenters. The number of likely N-dealkylation sites (N-methyl/N-ethyl adjacent to an activating group) is 1. The average molecular weight is 429 g/mol. The Kier molecular flexibility index (Phi) is 6.99. The van der Waals surface area contributed by atoms with Crippen LogP contribution in [0.4, 0.5) is 0 Å². The standard InChI is InChI=1S/C23H32N4O4/c1-25-10-12-26(13-11-25)9-3-2-8-24-21(28)17-6-7-19-20(15-17)23(30)27(22(19)29)16-18-5-4-14-31-18/h6-7,15,18H,2-5,8-14,16H2,1H3,(H,24,28). The van der Waals surface area contributed by atoms with Gasteiger partial charge in [0.05, 0.1) is 23.8 Å². The van der Waals surface area contributed by atoms with Crippen LogP contribution in [0.1, 0.15) is 56.8 Å². The SMILES string of the molecule is CN1CCN(CCCCNC(=O)c2ccc3c(c2)C(=O)N(CC2CCCO2)C3=O)CC1. The first-order valence-electron chi connectivity index (χ1n) is 11.3. The zero-order valence-electron chi connectivity index (χ0n) is 18.3. The summed E-state index contributed by atoms with van der Waals surface area (Å²) < 4.78 is 5.56. The average Bonchev–Trinajstić information content (AvgIpc) is 3.37. The first-order valence-corrected chi connectivity index (χ1v) is 11.3. The molecule has 1 aromatic carbocycles. The molecule has 8 nitrogen and oxygen atoms in total. The number of benzene rings is 1. The quantitative estimate of drug-likeness (QED) is 0.495. The van der Waals surface area contributed by atoms with Gasteiger partial charge in [0, 0.05) is 44.9 Å². The Morgan fingerprint density at radius 3 is 2.61 bits per heavy atom. The summed E-state index contributed by atoms with van der Waals surface area (Å²) in [6.45, 7) is 7.04. The highest BCUT2D eigenvalue weighted by molar-refractivity contribution is 6.22. The molecule has 3 aliphatic rings. The molecule has 4 rings (SSSR count). The van der Waals surface area contributed by atoms with E-state index in [0.717, 1.165) is 58.4 Å². The molecule has 2 saturated heterocycles. The summed E-state index contributed by atoms with van der Waals surface area (Å²) in [4.78, 5) is 44.0. The molecule has 3 aliphatic heterocycles. The Hall–Kier alpha value is -2.29. The minimum Gasteiger partial charge on any atom is -0.376 e. The van der Waals surface area contributed by atoms with E-state index in [2.05, 4.69) is 22.2 Å². The first-order chi connectivity index (χ1) is 15.0. The number of nitrogens with one attached hydrogen (secondary N) is 1. The number of carbonyl (C=O) groups excluding carboxylic acids is 3. The Morgan fingerprint density at radius 2 is 1.87 bits per heavy atom. The number of hydrogen-bond donors (Lipinski definition) is 1. The summed E-state index contributed by atoms with van der Waals surface area (Å²) >= 11 is 0. The van der Waals surface area contributed by atoms with Crippen LogP contribution in [-0.2, 0) is 4.74 Å². The van der Waals surface area contributed by atoms with E-state index in [0.29, 0.717) is 29.8 Å². The number of hydrogen-bond acceptors (Lipinski definition) is 6. The van der Waals surface area contributed by atoms with Crippen molar-refractivity contribution in [3.05, 3.63) is 34.9 Å². The molecule has 3 amide bonds. The van der Waals surface area contributed by atoms with Gasteiger partial charge in [-0.15, -0.1) is 0 Å². The van der Waals surface area contributed by atoms with Gasteiger partial charge in [0.2, 0.25) is 0 Å². The monoisotopic (exact) mass is 428 g/mol. The number of rotatable bonds is 8. The second-order valence-electron chi connectivity index (χ2n) is 8.72. The lowest BCUT2D eigenvalue weighted by atomic mass is 10.1. The van der Waals surface area contributed by atoms with Crippen LogP contribution >= 0.6 is 0 Å². The number of nitrogens with zero attached hydrogens (tertiary/aromatic N) is 3. The summed E-state index contributed by atoms with van der Waals surface area (Å²) in [5, 5.41) is 2.94. The highest BCUT2D eigenvalue weighted by Gasteiger charge is 2.37. The zero-order chi connectivity index (χ0) is 21.8. The lowest BCUT2D eigenvalue weighted by molar-refractivity contribution is 0.0475. The van der Waals surface area contributed by atoms with Gasteiger partial charge in [0.1, 0.15) is 0 Å². The van der Waals surface area contributed by atoms with Crippen LogP contribution in [0, 0.1) is 0 Å². The molecule has 1 aromatic rings. The molecular formula is C23H32N4O4. The van der Waals surface area contributed by atoms with Gasteiger partial charge in [0.15, 0.2) is 0 Å². The summed E-state index contributed by atoms with van der Waals surface area (Å²) in [5.74, 6) is -0.844. The Morgan fingerprint density at radius 1 is 1.10 bits per heavy atom. The topological polar surface area (TPSA) is 82.2 Å². The molecule has 168 valence electrons. The molecule has 0 radical (unpaired) electrons. The molecule has 0 aromatic heterocycles. The van der Waals surface area contributed by atoms with Crippen molar-refractivity contribution < 1.29 is 19.1 Å². The van der Waals surface area contributed by atoms with Crippen LogP contribution in [0.3, 0.4) is 0 Å². The van der Waals surface area contributed by atoms with Crippen molar-refractivity contribution in [1.82, 2.24) is 20.0 Å². The summed E-state index contributed by atoms with van der Waals surface area (Å²) in [6, 6.07) is 4.76. The van der Waals surface area contributed by atoms with Crippen molar-refractivity contribution in [2.75, 3.05) is 59.5 Å². The fourth-order valence-corrected chi connectivity index (χ4v) is 4.43. The third-order valence-corrected chi connectivity index (χ3v) is 6.43. The summed E-state index contributed by atoms with van der Waals surface area (Å²) in [6.07, 6.45) is 3.68. The normalized spacial score (nSPS) is 22.2. The molecule has 0 saturated carbocycles. The highest BCUT2D eigenvalue weighted by Crippen LogP contribution is 2.26. The van der Waals surface area contributed by atoms with E-state index in [-0.39, 0.29) is 30.4 Å².